The van der Waals surface area contributed by atoms with Crippen molar-refractivity contribution in [1.29, 1.82) is 0 Å². The van der Waals surface area contributed by atoms with E-state index in [0.717, 1.165) is 25.7 Å². The Morgan fingerprint density at radius 3 is 2.29 bits per heavy atom. The van der Waals surface area contributed by atoms with Crippen LogP contribution >= 0.6 is 0 Å². The molecule has 0 aromatic rings. The van der Waals surface area contributed by atoms with Crippen molar-refractivity contribution in [3.8, 4) is 0 Å². The van der Waals surface area contributed by atoms with Gasteiger partial charge in [-0.15, -0.1) is 0 Å². The molecule has 0 aromatic carbocycles. The van der Waals surface area contributed by atoms with Gasteiger partial charge in [-0.25, -0.2) is 0 Å². The predicted octanol–water partition coefficient (Wildman–Crippen LogP) is 1.13. The molecule has 2 aliphatic rings. The smallest absolute Gasteiger partial charge is 0.395 e. The summed E-state index contributed by atoms with van der Waals surface area (Å²) in [5, 5.41) is 12.4. The van der Waals surface area contributed by atoms with Crippen LogP contribution in [-0.4, -0.2) is 54.0 Å². The van der Waals surface area contributed by atoms with Gasteiger partial charge in [0.1, 0.15) is 0 Å². The third-order valence-corrected chi connectivity index (χ3v) is 3.17. The molecule has 2 aliphatic carbocycles. The first-order valence-corrected chi connectivity index (χ1v) is 6.15. The van der Waals surface area contributed by atoms with Crippen LogP contribution in [0.4, 0.5) is 13.2 Å². The highest BCUT2D eigenvalue weighted by Crippen LogP contribution is 2.30. The van der Waals surface area contributed by atoms with Gasteiger partial charge in [-0.2, -0.15) is 13.2 Å². The zero-order valence-electron chi connectivity index (χ0n) is 9.71. The average molecular weight is 252 g/mol. The highest BCUT2D eigenvalue weighted by atomic mass is 19.4. The molecular formula is C11H19F3N2O. The highest BCUT2D eigenvalue weighted by Gasteiger charge is 2.39. The van der Waals surface area contributed by atoms with Gasteiger partial charge < -0.3 is 10.4 Å². The molecule has 0 amide bonds. The van der Waals surface area contributed by atoms with Gasteiger partial charge in [0.2, 0.25) is 0 Å². The Balaban J connectivity index is 1.82. The minimum atomic E-state index is -4.15. The van der Waals surface area contributed by atoms with E-state index in [1.807, 2.05) is 0 Å². The molecule has 0 radical (unpaired) electrons. The molecule has 3 nitrogen and oxygen atoms in total. The van der Waals surface area contributed by atoms with Gasteiger partial charge in [-0.1, -0.05) is 0 Å². The van der Waals surface area contributed by atoms with Crippen molar-refractivity contribution >= 4 is 0 Å². The third-order valence-electron chi connectivity index (χ3n) is 3.17. The molecular weight excluding hydrogens is 233 g/mol. The second-order valence-corrected chi connectivity index (χ2v) is 5.10. The molecule has 6 heteroatoms. The minimum Gasteiger partial charge on any atom is -0.395 e. The first-order chi connectivity index (χ1) is 7.98. The van der Waals surface area contributed by atoms with Crippen molar-refractivity contribution in [3.63, 3.8) is 0 Å². The summed E-state index contributed by atoms with van der Waals surface area (Å²) in [4.78, 5) is 1.45. The Morgan fingerprint density at radius 1 is 1.24 bits per heavy atom. The number of rotatable bonds is 7. The van der Waals surface area contributed by atoms with E-state index in [2.05, 4.69) is 5.32 Å². The monoisotopic (exact) mass is 252 g/mol. The van der Waals surface area contributed by atoms with Crippen molar-refractivity contribution in [3.05, 3.63) is 0 Å². The normalized spacial score (nSPS) is 23.1. The number of aliphatic hydroxyl groups excluding tert-OH is 1. The van der Waals surface area contributed by atoms with E-state index in [0.29, 0.717) is 6.04 Å². The molecule has 2 fully saturated rings. The Morgan fingerprint density at radius 2 is 1.88 bits per heavy atom. The molecule has 100 valence electrons. The van der Waals surface area contributed by atoms with Crippen LogP contribution in [0.25, 0.3) is 0 Å². The molecule has 0 heterocycles. The van der Waals surface area contributed by atoms with E-state index in [4.69, 9.17) is 0 Å². The molecule has 0 spiro atoms. The van der Waals surface area contributed by atoms with Crippen LogP contribution < -0.4 is 5.32 Å². The molecule has 1 atom stereocenters. The van der Waals surface area contributed by atoms with Gasteiger partial charge in [0, 0.05) is 24.7 Å². The summed E-state index contributed by atoms with van der Waals surface area (Å²) in [5.41, 5.74) is 0. The van der Waals surface area contributed by atoms with Gasteiger partial charge in [0.05, 0.1) is 13.2 Å². The van der Waals surface area contributed by atoms with Crippen LogP contribution in [0.3, 0.4) is 0 Å². The molecule has 2 N–H and O–H groups in total. The van der Waals surface area contributed by atoms with E-state index in [1.54, 1.807) is 0 Å². The summed E-state index contributed by atoms with van der Waals surface area (Å²) < 4.78 is 37.2. The lowest BCUT2D eigenvalue weighted by Gasteiger charge is -2.28. The lowest BCUT2D eigenvalue weighted by molar-refractivity contribution is -0.148. The molecule has 17 heavy (non-hydrogen) atoms. The summed E-state index contributed by atoms with van der Waals surface area (Å²) in [6.07, 6.45) is -0.324. The number of nitrogens with one attached hydrogen (secondary N) is 1. The van der Waals surface area contributed by atoms with Gasteiger partial charge in [0.25, 0.3) is 0 Å². The largest absolute Gasteiger partial charge is 0.401 e. The zero-order valence-corrected chi connectivity index (χ0v) is 9.71. The molecule has 2 rings (SSSR count). The van der Waals surface area contributed by atoms with Crippen LogP contribution in [0.1, 0.15) is 25.7 Å². The van der Waals surface area contributed by atoms with Crippen molar-refractivity contribution in [1.82, 2.24) is 10.2 Å². The minimum absolute atomic E-state index is 0.0617. The number of nitrogens with zero attached hydrogens (tertiary/aromatic N) is 1. The van der Waals surface area contributed by atoms with Gasteiger partial charge in [-0.05, 0) is 25.7 Å². The number of hydrogen-bond donors (Lipinski definition) is 2. The van der Waals surface area contributed by atoms with Crippen molar-refractivity contribution < 1.29 is 18.3 Å². The number of aliphatic hydroxyl groups is 1. The summed E-state index contributed by atoms with van der Waals surface area (Å²) in [7, 11) is 0. The van der Waals surface area contributed by atoms with Crippen LogP contribution in [0.15, 0.2) is 0 Å². The van der Waals surface area contributed by atoms with Gasteiger partial charge >= 0.3 is 6.18 Å². The van der Waals surface area contributed by atoms with Gasteiger partial charge in [-0.3, -0.25) is 4.90 Å². The predicted molar refractivity (Wildman–Crippen MR) is 57.7 cm³/mol. The van der Waals surface area contributed by atoms with Gasteiger partial charge in [0.15, 0.2) is 0 Å². The molecule has 0 aromatic heterocycles. The second-order valence-electron chi connectivity index (χ2n) is 5.10. The van der Waals surface area contributed by atoms with Crippen molar-refractivity contribution in [2.45, 2.75) is 50.0 Å². The standard InChI is InChI=1S/C11H19F3N2O/c12-11(13,14)7-16(10-3-4-10)5-9(6-17)15-8-1-2-8/h8-10,15,17H,1-7H2. The van der Waals surface area contributed by atoms with Crippen molar-refractivity contribution in [2.24, 2.45) is 0 Å². The molecule has 0 bridgehead atoms. The topological polar surface area (TPSA) is 35.5 Å². The average Bonchev–Trinajstić information content (AvgIpc) is 3.07. The van der Waals surface area contributed by atoms with E-state index in [1.165, 1.54) is 4.90 Å². The summed E-state index contributed by atoms with van der Waals surface area (Å²) >= 11 is 0. The first-order valence-electron chi connectivity index (χ1n) is 6.15. The molecule has 2 saturated carbocycles. The molecule has 0 saturated heterocycles. The van der Waals surface area contributed by atoms with Crippen LogP contribution in [-0.2, 0) is 0 Å². The fourth-order valence-corrected chi connectivity index (χ4v) is 2.04. The fourth-order valence-electron chi connectivity index (χ4n) is 2.04. The summed E-state index contributed by atoms with van der Waals surface area (Å²) in [6, 6.07) is 0.233. The Kier molecular flexibility index (Phi) is 3.95. The maximum absolute atomic E-state index is 12.4. The second kappa shape index (κ2) is 5.12. The van der Waals surface area contributed by atoms with E-state index >= 15 is 0 Å². The third kappa shape index (κ3) is 4.81. The lowest BCUT2D eigenvalue weighted by atomic mass is 10.2. The fraction of sp³-hybridized carbons (Fsp3) is 1.00. The zero-order chi connectivity index (χ0) is 12.5. The maximum atomic E-state index is 12.4. The highest BCUT2D eigenvalue weighted by molar-refractivity contribution is 4.91. The van der Waals surface area contributed by atoms with E-state index in [-0.39, 0.29) is 25.2 Å². The number of hydrogen-bond acceptors (Lipinski definition) is 3. The lowest BCUT2D eigenvalue weighted by Crippen LogP contribution is -2.47. The van der Waals surface area contributed by atoms with Crippen LogP contribution in [0.5, 0.6) is 0 Å². The Labute approximate surface area is 99.0 Å². The Bertz CT molecular complexity index is 252. The first kappa shape index (κ1) is 13.1. The molecule has 0 aliphatic heterocycles. The van der Waals surface area contributed by atoms with E-state index < -0.39 is 12.7 Å². The molecule has 1 unspecified atom stereocenters. The van der Waals surface area contributed by atoms with Crippen LogP contribution in [0.2, 0.25) is 0 Å². The Hall–Kier alpha value is -0.330. The van der Waals surface area contributed by atoms with E-state index in [9.17, 15) is 18.3 Å². The maximum Gasteiger partial charge on any atom is 0.401 e. The number of alkyl halides is 3. The quantitative estimate of drug-likeness (QED) is 0.713. The summed E-state index contributed by atoms with van der Waals surface area (Å²) in [5.74, 6) is 0. The summed E-state index contributed by atoms with van der Waals surface area (Å²) in [6.45, 7) is -0.671. The van der Waals surface area contributed by atoms with Crippen LogP contribution in [0, 0.1) is 0 Å². The SMILES string of the molecule is OCC(CN(CC(F)(F)F)C1CC1)NC1CC1. The van der Waals surface area contributed by atoms with Crippen molar-refractivity contribution in [2.75, 3.05) is 19.7 Å². The number of halogens is 3.